The van der Waals surface area contributed by atoms with Crippen LogP contribution in [0.1, 0.15) is 32.1 Å². The van der Waals surface area contributed by atoms with Crippen molar-refractivity contribution >= 4 is 0 Å². The Balaban J connectivity index is 1.68. The van der Waals surface area contributed by atoms with E-state index in [-0.39, 0.29) is 0 Å². The first-order valence-electron chi connectivity index (χ1n) is 5.62. The van der Waals surface area contributed by atoms with E-state index in [2.05, 4.69) is 5.32 Å². The van der Waals surface area contributed by atoms with Crippen LogP contribution in [0, 0.1) is 11.8 Å². The highest BCUT2D eigenvalue weighted by Gasteiger charge is 2.29. The molecule has 0 saturated heterocycles. The van der Waals surface area contributed by atoms with Gasteiger partial charge in [-0.25, -0.2) is 0 Å². The van der Waals surface area contributed by atoms with E-state index >= 15 is 0 Å². The van der Waals surface area contributed by atoms with Crippen LogP contribution >= 0.6 is 0 Å². The zero-order chi connectivity index (χ0) is 9.10. The maximum atomic E-state index is 5.25. The highest BCUT2D eigenvalue weighted by molar-refractivity contribution is 4.85. The van der Waals surface area contributed by atoms with Gasteiger partial charge in [0.2, 0.25) is 0 Å². The quantitative estimate of drug-likeness (QED) is 0.702. The molecule has 2 aliphatic carbocycles. The molecule has 0 aromatic heterocycles. The highest BCUT2D eigenvalue weighted by Crippen LogP contribution is 2.32. The summed E-state index contributed by atoms with van der Waals surface area (Å²) in [6, 6.07) is 0.865. The number of hydrogen-bond donors (Lipinski definition) is 1. The summed E-state index contributed by atoms with van der Waals surface area (Å²) in [7, 11) is 1.82. The maximum absolute atomic E-state index is 5.25. The molecule has 0 aromatic rings. The Labute approximate surface area is 81.0 Å². The number of rotatable bonds is 5. The van der Waals surface area contributed by atoms with Crippen molar-refractivity contribution < 1.29 is 4.74 Å². The third kappa shape index (κ3) is 2.68. The van der Waals surface area contributed by atoms with Crippen molar-refractivity contribution in [3.05, 3.63) is 0 Å². The molecule has 2 unspecified atom stereocenters. The van der Waals surface area contributed by atoms with Crippen LogP contribution in [0.2, 0.25) is 0 Å². The molecule has 0 heterocycles. The van der Waals surface area contributed by atoms with Crippen LogP contribution in [0.25, 0.3) is 0 Å². The van der Waals surface area contributed by atoms with E-state index in [1.54, 1.807) is 0 Å². The lowest BCUT2D eigenvalue weighted by atomic mass is 9.97. The summed E-state index contributed by atoms with van der Waals surface area (Å²) in [4.78, 5) is 0. The van der Waals surface area contributed by atoms with Crippen LogP contribution in [-0.4, -0.2) is 26.3 Å². The molecule has 76 valence electrons. The van der Waals surface area contributed by atoms with Crippen molar-refractivity contribution in [2.75, 3.05) is 20.3 Å². The molecule has 0 bridgehead atoms. The molecule has 2 rings (SSSR count). The second-order valence-corrected chi connectivity index (χ2v) is 4.59. The molecule has 2 aliphatic rings. The Hall–Kier alpha value is -0.0800. The summed E-state index contributed by atoms with van der Waals surface area (Å²) in [5.41, 5.74) is 0. The summed E-state index contributed by atoms with van der Waals surface area (Å²) in [6.45, 7) is 2.20. The Morgan fingerprint density at radius 3 is 2.62 bits per heavy atom. The van der Waals surface area contributed by atoms with Gasteiger partial charge in [0.25, 0.3) is 0 Å². The van der Waals surface area contributed by atoms with Crippen LogP contribution in [0.4, 0.5) is 0 Å². The average molecular weight is 183 g/mol. The normalized spacial score (nSPS) is 33.9. The van der Waals surface area contributed by atoms with Crippen molar-refractivity contribution in [2.45, 2.75) is 38.1 Å². The molecule has 1 N–H and O–H groups in total. The van der Waals surface area contributed by atoms with Crippen LogP contribution in [0.15, 0.2) is 0 Å². The van der Waals surface area contributed by atoms with Crippen LogP contribution < -0.4 is 5.32 Å². The molecule has 2 atom stereocenters. The summed E-state index contributed by atoms with van der Waals surface area (Å²) >= 11 is 0. The monoisotopic (exact) mass is 183 g/mol. The first-order chi connectivity index (χ1) is 6.40. The molecule has 0 amide bonds. The van der Waals surface area contributed by atoms with Gasteiger partial charge in [-0.2, -0.15) is 0 Å². The zero-order valence-electron chi connectivity index (χ0n) is 8.59. The maximum Gasteiger partial charge on any atom is 0.0493 e. The van der Waals surface area contributed by atoms with Gasteiger partial charge in [0, 0.05) is 19.8 Å². The predicted octanol–water partition coefficient (Wildman–Crippen LogP) is 1.80. The van der Waals surface area contributed by atoms with E-state index in [0.717, 1.165) is 24.5 Å². The molecule has 2 nitrogen and oxygen atoms in total. The van der Waals surface area contributed by atoms with Gasteiger partial charge in [0.1, 0.15) is 0 Å². The fraction of sp³-hybridized carbons (Fsp3) is 1.00. The van der Waals surface area contributed by atoms with E-state index in [9.17, 15) is 0 Å². The predicted molar refractivity (Wildman–Crippen MR) is 53.7 cm³/mol. The molecular formula is C11H21NO. The zero-order valence-corrected chi connectivity index (χ0v) is 8.59. The Morgan fingerprint density at radius 1 is 1.15 bits per heavy atom. The van der Waals surface area contributed by atoms with Crippen molar-refractivity contribution in [3.8, 4) is 0 Å². The summed E-state index contributed by atoms with van der Waals surface area (Å²) in [5.74, 6) is 1.72. The highest BCUT2D eigenvalue weighted by atomic mass is 16.5. The number of hydrogen-bond acceptors (Lipinski definition) is 2. The van der Waals surface area contributed by atoms with Gasteiger partial charge < -0.3 is 10.1 Å². The lowest BCUT2D eigenvalue weighted by molar-refractivity contribution is 0.132. The summed E-state index contributed by atoms with van der Waals surface area (Å²) in [5, 5.41) is 3.63. The van der Waals surface area contributed by atoms with Gasteiger partial charge in [-0.3, -0.25) is 0 Å². The van der Waals surface area contributed by atoms with Crippen molar-refractivity contribution in [2.24, 2.45) is 11.8 Å². The smallest absolute Gasteiger partial charge is 0.0493 e. The van der Waals surface area contributed by atoms with Gasteiger partial charge in [-0.1, -0.05) is 6.42 Å². The largest absolute Gasteiger partial charge is 0.384 e. The molecule has 0 aliphatic heterocycles. The molecule has 2 saturated carbocycles. The van der Waals surface area contributed by atoms with Gasteiger partial charge >= 0.3 is 0 Å². The molecule has 2 fully saturated rings. The summed E-state index contributed by atoms with van der Waals surface area (Å²) < 4.78 is 5.25. The van der Waals surface area contributed by atoms with Crippen molar-refractivity contribution in [3.63, 3.8) is 0 Å². The fourth-order valence-corrected chi connectivity index (χ4v) is 2.42. The molecule has 2 heteroatoms. The minimum atomic E-state index is 0.830. The van der Waals surface area contributed by atoms with E-state index in [1.165, 1.54) is 38.6 Å². The third-order valence-corrected chi connectivity index (χ3v) is 3.44. The lowest BCUT2D eigenvalue weighted by Crippen LogP contribution is -2.28. The van der Waals surface area contributed by atoms with Crippen LogP contribution in [-0.2, 0) is 4.74 Å². The van der Waals surface area contributed by atoms with E-state index < -0.39 is 0 Å². The molecule has 0 spiro atoms. The number of ether oxygens (including phenoxy) is 1. The van der Waals surface area contributed by atoms with Gasteiger partial charge in [0.05, 0.1) is 0 Å². The topological polar surface area (TPSA) is 21.3 Å². The Bertz CT molecular complexity index is 156. The number of nitrogens with one attached hydrogen (secondary N) is 1. The SMILES string of the molecule is COCC1CCCC1CNC1CC1. The molecule has 13 heavy (non-hydrogen) atoms. The molecular weight excluding hydrogens is 162 g/mol. The Kier molecular flexibility index (Phi) is 3.23. The van der Waals surface area contributed by atoms with E-state index in [1.807, 2.05) is 7.11 Å². The second kappa shape index (κ2) is 4.43. The average Bonchev–Trinajstić information content (AvgIpc) is 2.86. The van der Waals surface area contributed by atoms with E-state index in [0.29, 0.717) is 0 Å². The Morgan fingerprint density at radius 2 is 1.92 bits per heavy atom. The van der Waals surface area contributed by atoms with Gasteiger partial charge in [-0.05, 0) is 44.1 Å². The van der Waals surface area contributed by atoms with E-state index in [4.69, 9.17) is 4.74 Å². The second-order valence-electron chi connectivity index (χ2n) is 4.59. The fourth-order valence-electron chi connectivity index (χ4n) is 2.42. The van der Waals surface area contributed by atoms with Crippen LogP contribution in [0.5, 0.6) is 0 Å². The van der Waals surface area contributed by atoms with Crippen LogP contribution in [0.3, 0.4) is 0 Å². The summed E-state index contributed by atoms with van der Waals surface area (Å²) in [6.07, 6.45) is 7.01. The van der Waals surface area contributed by atoms with Gasteiger partial charge in [-0.15, -0.1) is 0 Å². The first kappa shape index (κ1) is 9.47. The number of methoxy groups -OCH3 is 1. The first-order valence-corrected chi connectivity index (χ1v) is 5.62. The molecule has 0 radical (unpaired) electrons. The third-order valence-electron chi connectivity index (χ3n) is 3.44. The minimum Gasteiger partial charge on any atom is -0.384 e. The van der Waals surface area contributed by atoms with Crippen molar-refractivity contribution in [1.82, 2.24) is 5.32 Å². The molecule has 0 aromatic carbocycles. The van der Waals surface area contributed by atoms with Gasteiger partial charge in [0.15, 0.2) is 0 Å². The standard InChI is InChI=1S/C11H21NO/c1-13-8-10-4-2-3-9(10)7-12-11-5-6-11/h9-12H,2-8H2,1H3. The minimum absolute atomic E-state index is 0.830. The lowest BCUT2D eigenvalue weighted by Gasteiger charge is -2.18. The van der Waals surface area contributed by atoms with Crippen molar-refractivity contribution in [1.29, 1.82) is 0 Å².